The van der Waals surface area contributed by atoms with Crippen molar-refractivity contribution in [2.45, 2.75) is 19.9 Å². The van der Waals surface area contributed by atoms with E-state index in [1.807, 2.05) is 0 Å². The van der Waals surface area contributed by atoms with Crippen molar-refractivity contribution >= 4 is 29.1 Å². The van der Waals surface area contributed by atoms with Crippen LogP contribution in [0, 0.1) is 5.82 Å². The standard InChI is InChI=1S/C26H24FN3O3/c1-18(31)19-10-12-22(13-11-19)28-25(32)20-7-4-8-23(16-20)30-15-5-14-29(26(30)33)17-21-6-2-3-9-24(21)27/h2-4,6-13,16H,5,14-15,17H2,1H3,(H,28,32). The van der Waals surface area contributed by atoms with Crippen molar-refractivity contribution in [2.75, 3.05) is 23.3 Å². The highest BCUT2D eigenvalue weighted by Gasteiger charge is 2.27. The molecule has 0 unspecified atom stereocenters. The summed E-state index contributed by atoms with van der Waals surface area (Å²) in [6.07, 6.45) is 0.735. The summed E-state index contributed by atoms with van der Waals surface area (Å²) in [4.78, 5) is 40.5. The number of carbonyl (C=O) groups excluding carboxylic acids is 3. The van der Waals surface area contributed by atoms with Crippen LogP contribution in [0.3, 0.4) is 0 Å². The Hall–Kier alpha value is -4.00. The van der Waals surface area contributed by atoms with Gasteiger partial charge in [-0.15, -0.1) is 0 Å². The van der Waals surface area contributed by atoms with Crippen molar-refractivity contribution in [1.82, 2.24) is 4.90 Å². The maximum absolute atomic E-state index is 14.1. The second-order valence-electron chi connectivity index (χ2n) is 7.94. The number of carbonyl (C=O) groups is 3. The number of hydrogen-bond acceptors (Lipinski definition) is 3. The first-order valence-corrected chi connectivity index (χ1v) is 10.7. The van der Waals surface area contributed by atoms with E-state index < -0.39 is 0 Å². The minimum atomic E-state index is -0.336. The normalized spacial score (nSPS) is 13.7. The molecule has 0 aromatic heterocycles. The first kappa shape index (κ1) is 22.2. The molecule has 1 aliphatic rings. The second kappa shape index (κ2) is 9.65. The zero-order valence-electron chi connectivity index (χ0n) is 18.3. The van der Waals surface area contributed by atoms with Crippen LogP contribution in [0.2, 0.25) is 0 Å². The van der Waals surface area contributed by atoms with Gasteiger partial charge >= 0.3 is 6.03 Å². The summed E-state index contributed by atoms with van der Waals surface area (Å²) in [6.45, 7) is 2.74. The second-order valence-corrected chi connectivity index (χ2v) is 7.94. The fourth-order valence-electron chi connectivity index (χ4n) is 3.81. The Bertz CT molecular complexity index is 1190. The van der Waals surface area contributed by atoms with E-state index in [1.165, 1.54) is 13.0 Å². The molecular weight excluding hydrogens is 421 g/mol. The fourth-order valence-corrected chi connectivity index (χ4v) is 3.81. The van der Waals surface area contributed by atoms with Gasteiger partial charge < -0.3 is 10.2 Å². The van der Waals surface area contributed by atoms with E-state index in [1.54, 1.807) is 76.5 Å². The third-order valence-electron chi connectivity index (χ3n) is 5.60. The molecule has 6 nitrogen and oxygen atoms in total. The van der Waals surface area contributed by atoms with Crippen LogP contribution in [0.15, 0.2) is 72.8 Å². The van der Waals surface area contributed by atoms with Crippen molar-refractivity contribution in [3.8, 4) is 0 Å². The van der Waals surface area contributed by atoms with Gasteiger partial charge in [0, 0.05) is 41.2 Å². The van der Waals surface area contributed by atoms with Crippen LogP contribution in [0.1, 0.15) is 39.6 Å². The predicted octanol–water partition coefficient (Wildman–Crippen LogP) is 5.11. The summed E-state index contributed by atoms with van der Waals surface area (Å²) >= 11 is 0. The van der Waals surface area contributed by atoms with Crippen LogP contribution >= 0.6 is 0 Å². The lowest BCUT2D eigenvalue weighted by Crippen LogP contribution is -2.49. The van der Waals surface area contributed by atoms with E-state index in [2.05, 4.69) is 5.32 Å². The van der Waals surface area contributed by atoms with Crippen molar-refractivity contribution < 1.29 is 18.8 Å². The molecule has 3 amide bonds. The topological polar surface area (TPSA) is 69.7 Å². The number of benzene rings is 3. The largest absolute Gasteiger partial charge is 0.324 e. The van der Waals surface area contributed by atoms with Gasteiger partial charge in [0.1, 0.15) is 5.82 Å². The highest BCUT2D eigenvalue weighted by atomic mass is 19.1. The van der Waals surface area contributed by atoms with Crippen molar-refractivity contribution in [2.24, 2.45) is 0 Å². The minimum absolute atomic E-state index is 0.0455. The Morgan fingerprint density at radius 1 is 0.939 bits per heavy atom. The lowest BCUT2D eigenvalue weighted by Gasteiger charge is -2.36. The SMILES string of the molecule is CC(=O)c1ccc(NC(=O)c2cccc(N3CCCN(Cc4ccccc4F)C3=O)c2)cc1. The van der Waals surface area contributed by atoms with E-state index in [0.717, 1.165) is 6.42 Å². The molecule has 0 spiro atoms. The van der Waals surface area contributed by atoms with Gasteiger partial charge in [-0.1, -0.05) is 24.3 Å². The molecule has 0 bridgehead atoms. The maximum Gasteiger partial charge on any atom is 0.324 e. The Balaban J connectivity index is 1.48. The number of hydrogen-bond donors (Lipinski definition) is 1. The zero-order valence-corrected chi connectivity index (χ0v) is 18.3. The van der Waals surface area contributed by atoms with Gasteiger partial charge in [-0.05, 0) is 61.9 Å². The molecule has 1 aliphatic heterocycles. The first-order valence-electron chi connectivity index (χ1n) is 10.7. The van der Waals surface area contributed by atoms with Crippen LogP contribution in [0.4, 0.5) is 20.6 Å². The molecule has 1 heterocycles. The molecule has 4 rings (SSSR count). The molecule has 1 saturated heterocycles. The summed E-state index contributed by atoms with van der Waals surface area (Å²) in [5.41, 5.74) is 2.62. The number of ketones is 1. The molecule has 33 heavy (non-hydrogen) atoms. The number of amides is 3. The van der Waals surface area contributed by atoms with Gasteiger partial charge in [0.05, 0.1) is 6.54 Å². The van der Waals surface area contributed by atoms with Gasteiger partial charge in [0.2, 0.25) is 0 Å². The molecule has 168 valence electrons. The summed E-state index contributed by atoms with van der Waals surface area (Å²) < 4.78 is 14.1. The van der Waals surface area contributed by atoms with Gasteiger partial charge in [-0.3, -0.25) is 14.5 Å². The number of rotatable bonds is 6. The quantitative estimate of drug-likeness (QED) is 0.536. The number of Topliss-reactive ketones (excluding diaryl/α,β-unsaturated/α-hetero) is 1. The number of halogens is 1. The van der Waals surface area contributed by atoms with E-state index in [9.17, 15) is 18.8 Å². The predicted molar refractivity (Wildman–Crippen MR) is 125 cm³/mol. The van der Waals surface area contributed by atoms with Gasteiger partial charge in [-0.25, -0.2) is 9.18 Å². The monoisotopic (exact) mass is 445 g/mol. The van der Waals surface area contributed by atoms with Crippen LogP contribution in [-0.2, 0) is 6.54 Å². The van der Waals surface area contributed by atoms with Crippen LogP contribution < -0.4 is 10.2 Å². The average molecular weight is 445 g/mol. The van der Waals surface area contributed by atoms with Crippen molar-refractivity contribution in [3.05, 3.63) is 95.3 Å². The smallest absolute Gasteiger partial charge is 0.322 e. The van der Waals surface area contributed by atoms with Crippen molar-refractivity contribution in [1.29, 1.82) is 0 Å². The molecule has 0 saturated carbocycles. The van der Waals surface area contributed by atoms with Crippen molar-refractivity contribution in [3.63, 3.8) is 0 Å². The summed E-state index contributed by atoms with van der Waals surface area (Å²) in [5, 5.41) is 2.81. The molecule has 1 N–H and O–H groups in total. The van der Waals surface area contributed by atoms with Crippen LogP contribution in [-0.4, -0.2) is 35.7 Å². The zero-order chi connectivity index (χ0) is 23.4. The number of urea groups is 1. The van der Waals surface area contributed by atoms with E-state index >= 15 is 0 Å². The van der Waals surface area contributed by atoms with Gasteiger partial charge in [0.25, 0.3) is 5.91 Å². The average Bonchev–Trinajstić information content (AvgIpc) is 2.82. The van der Waals surface area contributed by atoms with E-state index in [0.29, 0.717) is 41.2 Å². The molecule has 7 heteroatoms. The van der Waals surface area contributed by atoms with Crippen LogP contribution in [0.5, 0.6) is 0 Å². The lowest BCUT2D eigenvalue weighted by atomic mass is 10.1. The highest BCUT2D eigenvalue weighted by molar-refractivity contribution is 6.05. The fraction of sp³-hybridized carbons (Fsp3) is 0.192. The highest BCUT2D eigenvalue weighted by Crippen LogP contribution is 2.24. The Morgan fingerprint density at radius 2 is 1.70 bits per heavy atom. The van der Waals surface area contributed by atoms with Crippen LogP contribution in [0.25, 0.3) is 0 Å². The molecule has 3 aromatic rings. The molecular formula is C26H24FN3O3. The first-order chi connectivity index (χ1) is 15.9. The Labute approximate surface area is 191 Å². The Morgan fingerprint density at radius 3 is 2.42 bits per heavy atom. The summed E-state index contributed by atoms with van der Waals surface area (Å²) in [6, 6.07) is 19.7. The number of anilines is 2. The molecule has 0 radical (unpaired) electrons. The van der Waals surface area contributed by atoms with Gasteiger partial charge in [-0.2, -0.15) is 0 Å². The molecule has 0 atom stereocenters. The molecule has 1 fully saturated rings. The third kappa shape index (κ3) is 5.09. The molecule has 3 aromatic carbocycles. The summed E-state index contributed by atoms with van der Waals surface area (Å²) in [7, 11) is 0. The minimum Gasteiger partial charge on any atom is -0.322 e. The van der Waals surface area contributed by atoms with Gasteiger partial charge in [0.15, 0.2) is 5.78 Å². The maximum atomic E-state index is 14.1. The van der Waals surface area contributed by atoms with E-state index in [-0.39, 0.29) is 30.1 Å². The van der Waals surface area contributed by atoms with E-state index in [4.69, 9.17) is 0 Å². The Kier molecular flexibility index (Phi) is 6.49. The third-order valence-corrected chi connectivity index (χ3v) is 5.60. The lowest BCUT2D eigenvalue weighted by molar-refractivity contribution is 0.101. The number of nitrogens with one attached hydrogen (secondary N) is 1. The summed E-state index contributed by atoms with van der Waals surface area (Å²) in [5.74, 6) is -0.701. The number of nitrogens with zero attached hydrogens (tertiary/aromatic N) is 2. The molecule has 0 aliphatic carbocycles.